The van der Waals surface area contributed by atoms with Crippen LogP contribution in [-0.2, 0) is 6.54 Å². The van der Waals surface area contributed by atoms with Crippen LogP contribution < -0.4 is 0 Å². The summed E-state index contributed by atoms with van der Waals surface area (Å²) in [6.45, 7) is 2.07. The molecule has 1 N–H and O–H groups in total. The third kappa shape index (κ3) is 2.70. The van der Waals surface area contributed by atoms with E-state index in [1.165, 1.54) is 22.9 Å². The van der Waals surface area contributed by atoms with Gasteiger partial charge >= 0.3 is 0 Å². The highest BCUT2D eigenvalue weighted by Gasteiger charge is 2.27. The highest BCUT2D eigenvalue weighted by atomic mass is 15.2. The van der Waals surface area contributed by atoms with Gasteiger partial charge in [-0.3, -0.25) is 9.47 Å². The van der Waals surface area contributed by atoms with E-state index in [9.17, 15) is 0 Å². The lowest BCUT2D eigenvalue weighted by Crippen LogP contribution is -2.23. The Morgan fingerprint density at radius 1 is 1.12 bits per heavy atom. The number of likely N-dealkylation sites (tertiary alicyclic amines) is 1. The molecule has 1 saturated heterocycles. The quantitative estimate of drug-likeness (QED) is 0.607. The number of hydrogen-bond acceptors (Lipinski definition) is 3. The monoisotopic (exact) mass is 343 g/mol. The standard InChI is InChI=1S/C21H21N5/c1-4-16(17-9-10-23-18(17)5-1)14-25-12-3-7-20(25)19-6-2-8-21(24-19)26-13-11-22-15-26/h1-2,4-6,8-11,13,15,20,23H,3,7,12,14H2. The molecule has 0 aliphatic carbocycles. The Morgan fingerprint density at radius 2 is 2.08 bits per heavy atom. The number of hydrogen-bond donors (Lipinski definition) is 1. The fourth-order valence-corrected chi connectivity index (χ4v) is 4.02. The maximum atomic E-state index is 4.92. The van der Waals surface area contributed by atoms with Gasteiger partial charge in [-0.2, -0.15) is 0 Å². The van der Waals surface area contributed by atoms with E-state index < -0.39 is 0 Å². The van der Waals surface area contributed by atoms with Gasteiger partial charge in [-0.05, 0) is 49.2 Å². The molecule has 1 aliphatic heterocycles. The van der Waals surface area contributed by atoms with Gasteiger partial charge in [0, 0.05) is 36.0 Å². The summed E-state index contributed by atoms with van der Waals surface area (Å²) < 4.78 is 1.96. The van der Waals surface area contributed by atoms with Crippen molar-refractivity contribution in [2.75, 3.05) is 6.54 Å². The number of rotatable bonds is 4. The fourth-order valence-electron chi connectivity index (χ4n) is 4.02. The van der Waals surface area contributed by atoms with E-state index in [1.54, 1.807) is 12.5 Å². The van der Waals surface area contributed by atoms with Gasteiger partial charge in [-0.25, -0.2) is 9.97 Å². The molecule has 1 aromatic carbocycles. The Hall–Kier alpha value is -2.92. The SMILES string of the molecule is c1cc(C2CCCN2Cc2cccc3[nH]ccc23)nc(-n2ccnc2)c1. The van der Waals surface area contributed by atoms with Crippen molar-refractivity contribution in [1.29, 1.82) is 0 Å². The molecule has 1 aliphatic rings. The first-order chi connectivity index (χ1) is 12.9. The van der Waals surface area contributed by atoms with Gasteiger partial charge in [-0.1, -0.05) is 18.2 Å². The highest BCUT2D eigenvalue weighted by molar-refractivity contribution is 5.82. The topological polar surface area (TPSA) is 49.7 Å². The molecule has 3 aromatic heterocycles. The molecule has 0 radical (unpaired) electrons. The number of nitrogens with zero attached hydrogens (tertiary/aromatic N) is 4. The van der Waals surface area contributed by atoms with Crippen molar-refractivity contribution in [3.05, 3.63) is 78.6 Å². The second-order valence-electron chi connectivity index (χ2n) is 6.88. The zero-order valence-corrected chi connectivity index (χ0v) is 14.5. The van der Waals surface area contributed by atoms with Gasteiger partial charge in [0.25, 0.3) is 0 Å². The van der Waals surface area contributed by atoms with E-state index in [-0.39, 0.29) is 0 Å². The lowest BCUT2D eigenvalue weighted by atomic mass is 10.1. The number of nitrogens with one attached hydrogen (secondary N) is 1. The maximum Gasteiger partial charge on any atom is 0.138 e. The first kappa shape index (κ1) is 15.3. The first-order valence-corrected chi connectivity index (χ1v) is 9.13. The molecule has 4 aromatic rings. The van der Waals surface area contributed by atoms with Gasteiger partial charge in [0.15, 0.2) is 0 Å². The second-order valence-corrected chi connectivity index (χ2v) is 6.88. The van der Waals surface area contributed by atoms with Crippen LogP contribution in [-0.4, -0.2) is 31.0 Å². The molecule has 5 rings (SSSR count). The number of H-pyrrole nitrogens is 1. The van der Waals surface area contributed by atoms with Crippen LogP contribution in [0.25, 0.3) is 16.7 Å². The van der Waals surface area contributed by atoms with Gasteiger partial charge in [0.1, 0.15) is 12.1 Å². The third-order valence-corrected chi connectivity index (χ3v) is 5.29. The largest absolute Gasteiger partial charge is 0.361 e. The molecule has 130 valence electrons. The van der Waals surface area contributed by atoms with Crippen LogP contribution in [0, 0.1) is 0 Å². The van der Waals surface area contributed by atoms with E-state index >= 15 is 0 Å². The van der Waals surface area contributed by atoms with Crippen LogP contribution in [0.3, 0.4) is 0 Å². The molecule has 1 unspecified atom stereocenters. The van der Waals surface area contributed by atoms with E-state index in [2.05, 4.69) is 51.3 Å². The molecule has 0 spiro atoms. The molecule has 0 saturated carbocycles. The molecular formula is C21H21N5. The van der Waals surface area contributed by atoms with E-state index in [0.717, 1.165) is 31.0 Å². The summed E-state index contributed by atoms with van der Waals surface area (Å²) in [5, 5.41) is 1.32. The molecule has 1 fully saturated rings. The van der Waals surface area contributed by atoms with Crippen molar-refractivity contribution in [2.45, 2.75) is 25.4 Å². The average molecular weight is 343 g/mol. The maximum absolute atomic E-state index is 4.92. The van der Waals surface area contributed by atoms with E-state index in [4.69, 9.17) is 4.98 Å². The van der Waals surface area contributed by atoms with Gasteiger partial charge < -0.3 is 4.98 Å². The molecule has 5 heteroatoms. The second kappa shape index (κ2) is 6.42. The zero-order chi connectivity index (χ0) is 17.3. The van der Waals surface area contributed by atoms with Crippen molar-refractivity contribution in [2.24, 2.45) is 0 Å². The van der Waals surface area contributed by atoms with Gasteiger partial charge in [-0.15, -0.1) is 0 Å². The number of fused-ring (bicyclic) bond motifs is 1. The number of imidazole rings is 1. The predicted molar refractivity (Wildman–Crippen MR) is 102 cm³/mol. The number of benzene rings is 1. The minimum Gasteiger partial charge on any atom is -0.361 e. The van der Waals surface area contributed by atoms with Crippen LogP contribution >= 0.6 is 0 Å². The normalized spacial score (nSPS) is 17.9. The number of pyridine rings is 1. The van der Waals surface area contributed by atoms with Crippen LogP contribution in [0.1, 0.15) is 30.1 Å². The first-order valence-electron chi connectivity index (χ1n) is 9.13. The summed E-state index contributed by atoms with van der Waals surface area (Å²) in [5.41, 5.74) is 3.73. The predicted octanol–water partition coefficient (Wildman–Crippen LogP) is 4.09. The lowest BCUT2D eigenvalue weighted by molar-refractivity contribution is 0.245. The summed E-state index contributed by atoms with van der Waals surface area (Å²) in [7, 11) is 0. The minimum atomic E-state index is 0.368. The summed E-state index contributed by atoms with van der Waals surface area (Å²) >= 11 is 0. The summed E-state index contributed by atoms with van der Waals surface area (Å²) in [4.78, 5) is 14.9. The van der Waals surface area contributed by atoms with Crippen LogP contribution in [0.2, 0.25) is 0 Å². The van der Waals surface area contributed by atoms with Gasteiger partial charge in [0.05, 0.1) is 11.7 Å². The van der Waals surface area contributed by atoms with E-state index in [1.807, 2.05) is 23.0 Å². The summed E-state index contributed by atoms with van der Waals surface area (Å²) in [6, 6.07) is 15.3. The fraction of sp³-hybridized carbons (Fsp3) is 0.238. The van der Waals surface area contributed by atoms with Crippen LogP contribution in [0.15, 0.2) is 67.4 Å². The van der Waals surface area contributed by atoms with Crippen molar-refractivity contribution >= 4 is 10.9 Å². The zero-order valence-electron chi connectivity index (χ0n) is 14.5. The minimum absolute atomic E-state index is 0.368. The van der Waals surface area contributed by atoms with Crippen molar-refractivity contribution in [3.8, 4) is 5.82 Å². The smallest absolute Gasteiger partial charge is 0.138 e. The Bertz CT molecular complexity index is 1020. The molecular weight excluding hydrogens is 322 g/mol. The average Bonchev–Trinajstić information content (AvgIpc) is 3.43. The Balaban J connectivity index is 1.44. The molecule has 1 atom stereocenters. The van der Waals surface area contributed by atoms with Crippen molar-refractivity contribution in [3.63, 3.8) is 0 Å². The Kier molecular flexibility index (Phi) is 3.79. The molecule has 26 heavy (non-hydrogen) atoms. The molecule has 0 amide bonds. The van der Waals surface area contributed by atoms with Crippen molar-refractivity contribution in [1.82, 2.24) is 24.4 Å². The number of aromatic nitrogens is 4. The third-order valence-electron chi connectivity index (χ3n) is 5.29. The molecule has 5 nitrogen and oxygen atoms in total. The molecule has 4 heterocycles. The van der Waals surface area contributed by atoms with E-state index in [0.29, 0.717) is 6.04 Å². The summed E-state index contributed by atoms with van der Waals surface area (Å²) in [5.74, 6) is 0.930. The highest BCUT2D eigenvalue weighted by Crippen LogP contribution is 2.33. The number of aromatic amines is 1. The van der Waals surface area contributed by atoms with Crippen LogP contribution in [0.4, 0.5) is 0 Å². The van der Waals surface area contributed by atoms with Gasteiger partial charge in [0.2, 0.25) is 0 Å². The Morgan fingerprint density at radius 3 is 3.00 bits per heavy atom. The van der Waals surface area contributed by atoms with Crippen molar-refractivity contribution < 1.29 is 0 Å². The Labute approximate surface area is 152 Å². The lowest BCUT2D eigenvalue weighted by Gasteiger charge is -2.24. The van der Waals surface area contributed by atoms with Crippen LogP contribution in [0.5, 0.6) is 0 Å². The summed E-state index contributed by atoms with van der Waals surface area (Å²) in [6.07, 6.45) is 9.91. The molecule has 0 bridgehead atoms.